The lowest BCUT2D eigenvalue weighted by Gasteiger charge is -2.13. The molecule has 0 amide bonds. The number of hydrogen-bond donors (Lipinski definition) is 1. The molecule has 0 unspecified atom stereocenters. The summed E-state index contributed by atoms with van der Waals surface area (Å²) in [5.41, 5.74) is 3.51. The minimum absolute atomic E-state index is 0.254. The van der Waals surface area contributed by atoms with Crippen molar-refractivity contribution in [1.29, 1.82) is 0 Å². The van der Waals surface area contributed by atoms with Crippen molar-refractivity contribution in [1.82, 2.24) is 14.5 Å². The second-order valence-corrected chi connectivity index (χ2v) is 6.97. The molecular formula is C23H21N3O3. The van der Waals surface area contributed by atoms with E-state index in [1.165, 1.54) is 0 Å². The van der Waals surface area contributed by atoms with Crippen LogP contribution < -0.4 is 5.56 Å². The summed E-state index contributed by atoms with van der Waals surface area (Å²) >= 11 is 0. The van der Waals surface area contributed by atoms with E-state index in [0.29, 0.717) is 22.3 Å². The van der Waals surface area contributed by atoms with Gasteiger partial charge in [0.05, 0.1) is 16.5 Å². The van der Waals surface area contributed by atoms with Crippen LogP contribution in [-0.2, 0) is 4.74 Å². The lowest BCUT2D eigenvalue weighted by Crippen LogP contribution is -2.17. The molecule has 0 saturated heterocycles. The maximum atomic E-state index is 12.8. The Balaban J connectivity index is 1.63. The van der Waals surface area contributed by atoms with Crippen molar-refractivity contribution < 1.29 is 9.53 Å². The number of hydrogen-bond acceptors (Lipinski definition) is 4. The summed E-state index contributed by atoms with van der Waals surface area (Å²) in [5, 5.41) is 0.501. The van der Waals surface area contributed by atoms with Crippen molar-refractivity contribution in [2.75, 3.05) is 0 Å². The first-order valence-electron chi connectivity index (χ1n) is 9.40. The summed E-state index contributed by atoms with van der Waals surface area (Å²) in [6.45, 7) is 5.53. The van der Waals surface area contributed by atoms with Gasteiger partial charge in [-0.2, -0.15) is 0 Å². The Kier molecular flexibility index (Phi) is 4.76. The molecule has 2 heterocycles. The third kappa shape index (κ3) is 3.45. The number of carbonyl (C=O) groups excluding carboxylic acids is 1. The van der Waals surface area contributed by atoms with Gasteiger partial charge in [-0.05, 0) is 51.1 Å². The van der Waals surface area contributed by atoms with E-state index in [1.807, 2.05) is 60.9 Å². The van der Waals surface area contributed by atoms with Crippen LogP contribution in [0.4, 0.5) is 0 Å². The monoisotopic (exact) mass is 387 g/mol. The molecule has 6 nitrogen and oxygen atoms in total. The maximum absolute atomic E-state index is 12.8. The topological polar surface area (TPSA) is 77.0 Å². The Hall–Kier alpha value is -3.67. The van der Waals surface area contributed by atoms with Crippen LogP contribution in [-0.4, -0.2) is 20.5 Å². The van der Waals surface area contributed by atoms with Gasteiger partial charge in [0.2, 0.25) is 0 Å². The van der Waals surface area contributed by atoms with Gasteiger partial charge in [0.15, 0.2) is 11.9 Å². The van der Waals surface area contributed by atoms with Gasteiger partial charge in [-0.1, -0.05) is 30.3 Å². The van der Waals surface area contributed by atoms with E-state index in [1.54, 1.807) is 25.1 Å². The number of aromatic amines is 1. The molecule has 0 aliphatic carbocycles. The van der Waals surface area contributed by atoms with Gasteiger partial charge in [0.1, 0.15) is 0 Å². The second kappa shape index (κ2) is 7.39. The number of aromatic nitrogens is 3. The van der Waals surface area contributed by atoms with Crippen LogP contribution in [0.25, 0.3) is 16.6 Å². The van der Waals surface area contributed by atoms with Crippen LogP contribution in [0.2, 0.25) is 0 Å². The molecule has 1 N–H and O–H groups in total. The summed E-state index contributed by atoms with van der Waals surface area (Å²) in [5.74, 6) is -0.137. The quantitative estimate of drug-likeness (QED) is 0.531. The highest BCUT2D eigenvalue weighted by atomic mass is 16.5. The molecule has 0 aliphatic rings. The molecule has 29 heavy (non-hydrogen) atoms. The fraction of sp³-hybridized carbons (Fsp3) is 0.174. The number of nitrogens with one attached hydrogen (secondary N) is 1. The summed E-state index contributed by atoms with van der Waals surface area (Å²) in [4.78, 5) is 32.3. The van der Waals surface area contributed by atoms with Crippen LogP contribution in [0.3, 0.4) is 0 Å². The highest BCUT2D eigenvalue weighted by molar-refractivity contribution is 5.91. The van der Waals surface area contributed by atoms with E-state index >= 15 is 0 Å². The average molecular weight is 387 g/mol. The highest BCUT2D eigenvalue weighted by Gasteiger charge is 2.21. The fourth-order valence-electron chi connectivity index (χ4n) is 3.52. The van der Waals surface area contributed by atoms with Crippen molar-refractivity contribution >= 4 is 16.9 Å². The summed E-state index contributed by atoms with van der Waals surface area (Å²) in [6, 6.07) is 18.7. The van der Waals surface area contributed by atoms with E-state index in [-0.39, 0.29) is 5.56 Å². The van der Waals surface area contributed by atoms with Crippen molar-refractivity contribution in [3.8, 4) is 5.69 Å². The average Bonchev–Trinajstić information content (AvgIpc) is 3.02. The molecular weight excluding hydrogens is 366 g/mol. The summed E-state index contributed by atoms with van der Waals surface area (Å²) < 4.78 is 7.64. The number of rotatable bonds is 4. The molecule has 6 heteroatoms. The zero-order valence-corrected chi connectivity index (χ0v) is 16.5. The first kappa shape index (κ1) is 18.7. The number of ether oxygens (including phenoxy) is 1. The summed E-state index contributed by atoms with van der Waals surface area (Å²) in [6.07, 6.45) is -0.695. The molecule has 2 aromatic heterocycles. The third-order valence-corrected chi connectivity index (χ3v) is 4.97. The van der Waals surface area contributed by atoms with Crippen molar-refractivity contribution in [3.05, 3.63) is 93.8 Å². The number of nitrogens with zero attached hydrogens (tertiary/aromatic N) is 2. The molecule has 0 spiro atoms. The van der Waals surface area contributed by atoms with Crippen LogP contribution in [0, 0.1) is 13.8 Å². The highest BCUT2D eigenvalue weighted by Crippen LogP contribution is 2.23. The van der Waals surface area contributed by atoms with Gasteiger partial charge in [-0.15, -0.1) is 0 Å². The van der Waals surface area contributed by atoms with Gasteiger partial charge in [0.25, 0.3) is 5.56 Å². The predicted octanol–water partition coefficient (Wildman–Crippen LogP) is 4.25. The minimum atomic E-state index is -0.695. The van der Waals surface area contributed by atoms with Crippen LogP contribution >= 0.6 is 0 Å². The van der Waals surface area contributed by atoms with Crippen LogP contribution in [0.1, 0.15) is 40.6 Å². The van der Waals surface area contributed by atoms with Gasteiger partial charge < -0.3 is 14.3 Å². The van der Waals surface area contributed by atoms with Crippen molar-refractivity contribution in [3.63, 3.8) is 0 Å². The van der Waals surface area contributed by atoms with E-state index in [4.69, 9.17) is 4.74 Å². The normalized spacial score (nSPS) is 12.1. The van der Waals surface area contributed by atoms with Gasteiger partial charge in [-0.25, -0.2) is 9.78 Å². The number of benzene rings is 2. The second-order valence-electron chi connectivity index (χ2n) is 6.97. The Morgan fingerprint density at radius 3 is 2.52 bits per heavy atom. The molecule has 146 valence electrons. The van der Waals surface area contributed by atoms with Crippen molar-refractivity contribution in [2.45, 2.75) is 26.9 Å². The maximum Gasteiger partial charge on any atom is 0.340 e. The Morgan fingerprint density at radius 1 is 1.07 bits per heavy atom. The number of aryl methyl sites for hydroxylation is 1. The van der Waals surface area contributed by atoms with Gasteiger partial charge in [0, 0.05) is 17.1 Å². The first-order valence-corrected chi connectivity index (χ1v) is 9.40. The molecule has 0 saturated carbocycles. The molecule has 0 radical (unpaired) electrons. The number of carbonyl (C=O) groups is 1. The fourth-order valence-corrected chi connectivity index (χ4v) is 3.52. The zero-order valence-electron chi connectivity index (χ0n) is 16.5. The van der Waals surface area contributed by atoms with Gasteiger partial charge in [-0.3, -0.25) is 4.79 Å². The molecule has 2 aromatic carbocycles. The Labute approximate surface area is 167 Å². The smallest absolute Gasteiger partial charge is 0.340 e. The number of para-hydroxylation sites is 2. The van der Waals surface area contributed by atoms with E-state index in [2.05, 4.69) is 9.97 Å². The Bertz CT molecular complexity index is 1260. The predicted molar refractivity (Wildman–Crippen MR) is 111 cm³/mol. The molecule has 0 bridgehead atoms. The SMILES string of the molecule is Cc1cc(C(=O)O[C@H](C)c2nc3ccccc3c(=O)[nH]2)c(C)n1-c1ccccc1. The molecule has 4 aromatic rings. The Morgan fingerprint density at radius 2 is 1.76 bits per heavy atom. The van der Waals surface area contributed by atoms with E-state index in [0.717, 1.165) is 17.1 Å². The van der Waals surface area contributed by atoms with Crippen molar-refractivity contribution in [2.24, 2.45) is 0 Å². The van der Waals surface area contributed by atoms with Crippen LogP contribution in [0.5, 0.6) is 0 Å². The number of H-pyrrole nitrogens is 1. The van der Waals surface area contributed by atoms with Gasteiger partial charge >= 0.3 is 5.97 Å². The lowest BCUT2D eigenvalue weighted by atomic mass is 10.2. The number of fused-ring (bicyclic) bond motifs is 1. The minimum Gasteiger partial charge on any atom is -0.451 e. The number of esters is 1. The lowest BCUT2D eigenvalue weighted by molar-refractivity contribution is 0.0319. The van der Waals surface area contributed by atoms with Crippen LogP contribution in [0.15, 0.2) is 65.5 Å². The summed E-state index contributed by atoms with van der Waals surface area (Å²) in [7, 11) is 0. The van der Waals surface area contributed by atoms with E-state index in [9.17, 15) is 9.59 Å². The third-order valence-electron chi connectivity index (χ3n) is 4.97. The molecule has 0 fully saturated rings. The molecule has 4 rings (SSSR count). The molecule has 0 aliphatic heterocycles. The largest absolute Gasteiger partial charge is 0.451 e. The first-order chi connectivity index (χ1) is 14.0. The zero-order chi connectivity index (χ0) is 20.5. The standard InChI is InChI=1S/C23H21N3O3/c1-14-13-19(15(2)26(14)17-9-5-4-6-10-17)23(28)29-16(3)21-24-20-12-8-7-11-18(20)22(27)25-21/h4-13,16H,1-3H3,(H,24,25,27)/t16-/m1/s1. The van der Waals surface area contributed by atoms with E-state index < -0.39 is 12.1 Å². The molecule has 1 atom stereocenters.